The van der Waals surface area contributed by atoms with Gasteiger partial charge < -0.3 is 10.1 Å². The topological polar surface area (TPSA) is 75.7 Å². The normalized spacial score (nSPS) is 22.6. The summed E-state index contributed by atoms with van der Waals surface area (Å²) in [6.07, 6.45) is 1.49. The molecule has 1 aliphatic rings. The number of carbonyl (C=O) groups excluding carboxylic acids is 1. The Morgan fingerprint density at radius 3 is 2.20 bits per heavy atom. The molecule has 140 valence electrons. The minimum Gasteiger partial charge on any atom is -0.373 e. The van der Waals surface area contributed by atoms with Gasteiger partial charge in [0.05, 0.1) is 17.1 Å². The number of benzene rings is 1. The first-order chi connectivity index (χ1) is 11.5. The van der Waals surface area contributed by atoms with Crippen LogP contribution in [-0.4, -0.2) is 62.9 Å². The van der Waals surface area contributed by atoms with Gasteiger partial charge in [-0.3, -0.25) is 9.69 Å². The maximum Gasteiger partial charge on any atom is 0.251 e. The molecule has 7 heteroatoms. The van der Waals surface area contributed by atoms with E-state index in [9.17, 15) is 13.2 Å². The van der Waals surface area contributed by atoms with Crippen molar-refractivity contribution in [1.29, 1.82) is 0 Å². The van der Waals surface area contributed by atoms with Crippen LogP contribution in [0.25, 0.3) is 0 Å². The van der Waals surface area contributed by atoms with Gasteiger partial charge in [-0.15, -0.1) is 0 Å². The minimum absolute atomic E-state index is 0.169. The molecular formula is C18H28N2O4S. The number of nitrogens with one attached hydrogen (secondary N) is 1. The van der Waals surface area contributed by atoms with Crippen molar-refractivity contribution in [2.75, 3.05) is 25.9 Å². The van der Waals surface area contributed by atoms with E-state index in [-0.39, 0.29) is 28.5 Å². The lowest BCUT2D eigenvalue weighted by molar-refractivity contribution is -0.0948. The Morgan fingerprint density at radius 2 is 1.72 bits per heavy atom. The highest BCUT2D eigenvalue weighted by atomic mass is 32.2. The third-order valence-corrected chi connectivity index (χ3v) is 5.63. The summed E-state index contributed by atoms with van der Waals surface area (Å²) in [6.45, 7) is 10.5. The van der Waals surface area contributed by atoms with Gasteiger partial charge in [-0.2, -0.15) is 0 Å². The fourth-order valence-electron chi connectivity index (χ4n) is 3.04. The van der Waals surface area contributed by atoms with Crippen LogP contribution in [-0.2, 0) is 14.6 Å². The molecule has 1 aromatic rings. The minimum atomic E-state index is -3.26. The number of amides is 1. The number of morpholine rings is 1. The summed E-state index contributed by atoms with van der Waals surface area (Å²) < 4.78 is 28.7. The number of rotatable bonds is 5. The molecule has 0 bridgehead atoms. The molecule has 1 fully saturated rings. The smallest absolute Gasteiger partial charge is 0.251 e. The molecule has 1 aliphatic heterocycles. The van der Waals surface area contributed by atoms with Crippen LogP contribution in [0.15, 0.2) is 29.2 Å². The third-order valence-electron chi connectivity index (χ3n) is 4.50. The first kappa shape index (κ1) is 19.9. The molecule has 0 aliphatic carbocycles. The Balaban J connectivity index is 1.98. The van der Waals surface area contributed by atoms with Crippen LogP contribution < -0.4 is 5.32 Å². The van der Waals surface area contributed by atoms with Crippen molar-refractivity contribution < 1.29 is 17.9 Å². The fraction of sp³-hybridized carbons (Fsp3) is 0.611. The highest BCUT2D eigenvalue weighted by Gasteiger charge is 2.33. The number of carbonyl (C=O) groups is 1. The second-order valence-corrected chi connectivity index (χ2v) is 9.47. The largest absolute Gasteiger partial charge is 0.373 e. The van der Waals surface area contributed by atoms with Crippen LogP contribution in [0.4, 0.5) is 0 Å². The van der Waals surface area contributed by atoms with Crippen molar-refractivity contribution in [2.24, 2.45) is 0 Å². The van der Waals surface area contributed by atoms with Gasteiger partial charge in [-0.1, -0.05) is 0 Å². The predicted molar refractivity (Wildman–Crippen MR) is 97.5 cm³/mol. The fourth-order valence-corrected chi connectivity index (χ4v) is 3.67. The van der Waals surface area contributed by atoms with Crippen molar-refractivity contribution in [1.82, 2.24) is 10.2 Å². The van der Waals surface area contributed by atoms with Gasteiger partial charge in [-0.05, 0) is 52.0 Å². The summed E-state index contributed by atoms with van der Waals surface area (Å²) in [7, 11) is -3.26. The average molecular weight is 368 g/mol. The van der Waals surface area contributed by atoms with Crippen molar-refractivity contribution in [3.8, 4) is 0 Å². The zero-order valence-corrected chi connectivity index (χ0v) is 16.4. The van der Waals surface area contributed by atoms with Crippen LogP contribution in [0.2, 0.25) is 0 Å². The summed E-state index contributed by atoms with van der Waals surface area (Å²) in [6, 6.07) is 6.00. The van der Waals surface area contributed by atoms with E-state index in [4.69, 9.17) is 4.74 Å². The van der Waals surface area contributed by atoms with Crippen LogP contribution in [0, 0.1) is 0 Å². The lowest BCUT2D eigenvalue weighted by Crippen LogP contribution is -2.58. The molecule has 6 nitrogen and oxygen atoms in total. The lowest BCUT2D eigenvalue weighted by Gasteiger charge is -2.45. The summed E-state index contributed by atoms with van der Waals surface area (Å²) in [4.78, 5) is 14.9. The van der Waals surface area contributed by atoms with Crippen molar-refractivity contribution in [3.63, 3.8) is 0 Å². The molecular weight excluding hydrogens is 340 g/mol. The van der Waals surface area contributed by atoms with E-state index in [0.29, 0.717) is 12.1 Å². The second-order valence-electron chi connectivity index (χ2n) is 7.45. The van der Waals surface area contributed by atoms with Crippen LogP contribution in [0.3, 0.4) is 0 Å². The molecule has 1 amide bonds. The summed E-state index contributed by atoms with van der Waals surface area (Å²) in [5.41, 5.74) is 0.251. The molecule has 0 spiro atoms. The zero-order valence-electron chi connectivity index (χ0n) is 15.6. The van der Waals surface area contributed by atoms with Crippen LogP contribution in [0.1, 0.15) is 38.1 Å². The molecule has 1 heterocycles. The monoisotopic (exact) mass is 368 g/mol. The van der Waals surface area contributed by atoms with Crippen LogP contribution in [0.5, 0.6) is 0 Å². The highest BCUT2D eigenvalue weighted by molar-refractivity contribution is 7.90. The quantitative estimate of drug-likeness (QED) is 0.856. The molecule has 0 aromatic heterocycles. The van der Waals surface area contributed by atoms with Crippen molar-refractivity contribution in [3.05, 3.63) is 29.8 Å². The summed E-state index contributed by atoms with van der Waals surface area (Å²) >= 11 is 0. The van der Waals surface area contributed by atoms with Crippen molar-refractivity contribution >= 4 is 15.7 Å². The molecule has 2 rings (SSSR count). The molecule has 0 radical (unpaired) electrons. The lowest BCUT2D eigenvalue weighted by atomic mass is 10.00. The highest BCUT2D eigenvalue weighted by Crippen LogP contribution is 2.21. The first-order valence-electron chi connectivity index (χ1n) is 8.48. The number of nitrogens with zero attached hydrogens (tertiary/aromatic N) is 1. The Hall–Kier alpha value is -1.44. The molecule has 1 aromatic carbocycles. The molecule has 2 atom stereocenters. The SMILES string of the molecule is C[C@H]1CN(C(C)(C)CNC(=O)c2ccc(S(C)(=O)=O)cc2)C[C@H](C)O1. The van der Waals surface area contributed by atoms with E-state index in [1.54, 1.807) is 0 Å². The van der Waals surface area contributed by atoms with Gasteiger partial charge in [-0.25, -0.2) is 8.42 Å². The van der Waals surface area contributed by atoms with Gasteiger partial charge in [0.25, 0.3) is 5.91 Å². The van der Waals surface area contributed by atoms with E-state index < -0.39 is 9.84 Å². The standard InChI is InChI=1S/C18H28N2O4S/c1-13-10-20(11-14(2)24-13)18(3,4)12-19-17(21)15-6-8-16(9-7-15)25(5,22)23/h6-9,13-14H,10-12H2,1-5H3,(H,19,21)/t13-,14-/m0/s1. The van der Waals surface area contributed by atoms with E-state index in [1.165, 1.54) is 24.3 Å². The molecule has 1 saturated heterocycles. The Kier molecular flexibility index (Phi) is 5.91. The predicted octanol–water partition coefficient (Wildman–Crippen LogP) is 1.71. The molecule has 25 heavy (non-hydrogen) atoms. The molecule has 0 unspecified atom stereocenters. The number of hydrogen-bond acceptors (Lipinski definition) is 5. The van der Waals surface area contributed by atoms with Gasteiger partial charge in [0.1, 0.15) is 0 Å². The van der Waals surface area contributed by atoms with E-state index in [1.807, 2.05) is 0 Å². The maximum absolute atomic E-state index is 12.4. The number of ether oxygens (including phenoxy) is 1. The Morgan fingerprint density at radius 1 is 1.20 bits per heavy atom. The Bertz CT molecular complexity index is 703. The van der Waals surface area contributed by atoms with E-state index >= 15 is 0 Å². The second kappa shape index (κ2) is 7.43. The average Bonchev–Trinajstić information content (AvgIpc) is 2.51. The zero-order chi connectivity index (χ0) is 18.8. The summed E-state index contributed by atoms with van der Waals surface area (Å²) in [5.74, 6) is -0.206. The van der Waals surface area contributed by atoms with Crippen LogP contribution >= 0.6 is 0 Å². The summed E-state index contributed by atoms with van der Waals surface area (Å²) in [5, 5.41) is 2.95. The van der Waals surface area contributed by atoms with Crippen molar-refractivity contribution in [2.45, 2.75) is 50.3 Å². The van der Waals surface area contributed by atoms with Gasteiger partial charge >= 0.3 is 0 Å². The van der Waals surface area contributed by atoms with Gasteiger partial charge in [0.2, 0.25) is 0 Å². The van der Waals surface area contributed by atoms with E-state index in [2.05, 4.69) is 37.9 Å². The number of hydrogen-bond donors (Lipinski definition) is 1. The van der Waals surface area contributed by atoms with E-state index in [0.717, 1.165) is 19.3 Å². The Labute approximate surface area is 150 Å². The third kappa shape index (κ3) is 5.26. The molecule has 0 saturated carbocycles. The van der Waals surface area contributed by atoms with Gasteiger partial charge in [0, 0.05) is 37.0 Å². The van der Waals surface area contributed by atoms with Gasteiger partial charge in [0.15, 0.2) is 9.84 Å². The number of sulfone groups is 1. The first-order valence-corrected chi connectivity index (χ1v) is 10.4. The maximum atomic E-state index is 12.4. The molecule has 1 N–H and O–H groups in total.